The van der Waals surface area contributed by atoms with Crippen LogP contribution in [0.15, 0.2) is 12.7 Å². The highest BCUT2D eigenvalue weighted by Crippen LogP contribution is 2.60. The van der Waals surface area contributed by atoms with Gasteiger partial charge in [0.05, 0.1) is 20.8 Å². The Morgan fingerprint density at radius 2 is 1.87 bits per heavy atom. The van der Waals surface area contributed by atoms with E-state index in [1.165, 1.54) is 4.57 Å². The summed E-state index contributed by atoms with van der Waals surface area (Å²) in [4.78, 5) is 54.9. The fourth-order valence-electron chi connectivity index (χ4n) is 2.60. The molecular formula is C10H12N5O13P3-4. The van der Waals surface area contributed by atoms with Crippen LogP contribution in [0.5, 0.6) is 0 Å². The number of nitrogens with zero attached hydrogens (tertiary/aromatic N) is 4. The number of phosphoric ester groups is 1. The molecule has 1 aliphatic rings. The molecule has 0 bridgehead atoms. The smallest absolute Gasteiger partial charge is 0.278 e. The molecule has 2 aromatic heterocycles. The van der Waals surface area contributed by atoms with Gasteiger partial charge in [-0.3, -0.25) is 18.0 Å². The molecule has 3 heterocycles. The SMILES string of the molecule is Nc1ncnc2c1ncn2[C@@H]1O[C@H](COP(=O)([O-])OP(=O)([O-])OP([O-])(=[18O])[18O-])[C@@H](O)[C@H]1O. The molecule has 7 atom stereocenters. The van der Waals surface area contributed by atoms with Gasteiger partial charge in [0, 0.05) is 0 Å². The van der Waals surface area contributed by atoms with E-state index in [2.05, 4.69) is 28.1 Å². The van der Waals surface area contributed by atoms with Gasteiger partial charge in [0.25, 0.3) is 15.6 Å². The Bertz CT molecular complexity index is 1100. The van der Waals surface area contributed by atoms with Gasteiger partial charge in [-0.2, -0.15) is 0 Å². The van der Waals surface area contributed by atoms with Crippen molar-refractivity contribution < 1.29 is 61.4 Å². The summed E-state index contributed by atoms with van der Waals surface area (Å²) in [7, 11) is -18.1. The van der Waals surface area contributed by atoms with Gasteiger partial charge in [0.15, 0.2) is 17.7 Å². The summed E-state index contributed by atoms with van der Waals surface area (Å²) in [5.41, 5.74) is 5.92. The lowest BCUT2D eigenvalue weighted by atomic mass is 10.1. The highest BCUT2D eigenvalue weighted by Gasteiger charge is 2.45. The quantitative estimate of drug-likeness (QED) is 0.225. The zero-order chi connectivity index (χ0) is 23.2. The molecule has 0 radical (unpaired) electrons. The van der Waals surface area contributed by atoms with Gasteiger partial charge in [0.1, 0.15) is 30.2 Å². The summed E-state index contributed by atoms with van der Waals surface area (Å²) in [5, 5.41) is 20.3. The third kappa shape index (κ3) is 5.71. The lowest BCUT2D eigenvalue weighted by molar-refractivity contribution is -0.339. The topological polar surface area (TPSA) is 290 Å². The Hall–Kier alpha value is -1.36. The number of nitrogens with two attached hydrogens (primary N) is 1. The van der Waals surface area contributed by atoms with E-state index >= 15 is 0 Å². The summed E-state index contributed by atoms with van der Waals surface area (Å²) < 4.78 is 50.2. The molecule has 0 aromatic carbocycles. The predicted molar refractivity (Wildman–Crippen MR) is 86.6 cm³/mol. The molecule has 0 amide bonds. The standard InChI is InChI=1S/C10H16N5O13P3/c11-8-5-9(13-2-12-8)15(3-14-5)10-7(17)6(16)4(26-10)1-25-30(21,22)28-31(23,24)27-29(18,19)20/h2-4,6-7,10,16-17H,1H2,(H,21,22)(H,23,24)(H2,11,12,13)(H2,18,19,20)/p-4/t4-,6-,7-,10-/m1/s1/i18+2,19+2. The third-order valence-corrected chi connectivity index (χ3v) is 7.46. The molecule has 31 heavy (non-hydrogen) atoms. The molecule has 3 unspecified atom stereocenters. The van der Waals surface area contributed by atoms with Crippen LogP contribution in [-0.2, 0) is 31.6 Å². The Balaban J connectivity index is 1.69. The van der Waals surface area contributed by atoms with Gasteiger partial charge in [-0.05, 0) is 0 Å². The van der Waals surface area contributed by atoms with E-state index in [9.17, 15) is 43.5 Å². The van der Waals surface area contributed by atoms with Gasteiger partial charge < -0.3 is 49.3 Å². The molecule has 0 saturated carbocycles. The Morgan fingerprint density at radius 1 is 1.19 bits per heavy atom. The second kappa shape index (κ2) is 8.53. The number of hydrogen-bond acceptors (Lipinski definition) is 17. The number of anilines is 1. The number of aromatic nitrogens is 4. The van der Waals surface area contributed by atoms with Crippen LogP contribution in [-0.4, -0.2) is 54.7 Å². The van der Waals surface area contributed by atoms with Crippen molar-refractivity contribution in [2.24, 2.45) is 0 Å². The van der Waals surface area contributed by atoms with Crippen molar-refractivity contribution in [1.29, 1.82) is 0 Å². The first-order chi connectivity index (χ1) is 14.2. The maximum Gasteiger partial charge on any atom is 0.278 e. The number of imidazole rings is 1. The first-order valence-corrected chi connectivity index (χ1v) is 12.2. The lowest BCUT2D eigenvalue weighted by Gasteiger charge is -2.37. The van der Waals surface area contributed by atoms with E-state index < -0.39 is 54.6 Å². The van der Waals surface area contributed by atoms with Crippen molar-refractivity contribution in [2.45, 2.75) is 24.5 Å². The minimum Gasteiger partial charge on any atom is -0.790 e. The Morgan fingerprint density at radius 3 is 2.52 bits per heavy atom. The summed E-state index contributed by atoms with van der Waals surface area (Å²) in [5.74, 6) is 0.0195. The van der Waals surface area contributed by atoms with Crippen LogP contribution in [0.25, 0.3) is 11.2 Å². The van der Waals surface area contributed by atoms with Crippen LogP contribution in [0.1, 0.15) is 6.23 Å². The van der Waals surface area contributed by atoms with Crippen LogP contribution in [0.2, 0.25) is 0 Å². The number of ether oxygens (including phenoxy) is 1. The van der Waals surface area contributed by atoms with Crippen LogP contribution < -0.4 is 25.3 Å². The number of phosphoric acid groups is 3. The number of aliphatic hydroxyl groups excluding tert-OH is 2. The molecule has 1 saturated heterocycles. The first-order valence-electron chi connectivity index (χ1n) is 7.85. The van der Waals surface area contributed by atoms with E-state index in [0.29, 0.717) is 0 Å². The zero-order valence-electron chi connectivity index (χ0n) is 14.8. The second-order valence-corrected chi connectivity index (χ2v) is 10.2. The number of nitrogen functional groups attached to an aromatic ring is 1. The summed E-state index contributed by atoms with van der Waals surface area (Å²) in [6, 6.07) is 0. The number of aliphatic hydroxyl groups is 2. The molecule has 4 N–H and O–H groups in total. The summed E-state index contributed by atoms with van der Waals surface area (Å²) in [6.45, 7) is -1.08. The lowest BCUT2D eigenvalue weighted by Crippen LogP contribution is -2.34. The van der Waals surface area contributed by atoms with E-state index in [1.54, 1.807) is 0 Å². The first kappa shape index (κ1) is 24.3. The van der Waals surface area contributed by atoms with Crippen molar-refractivity contribution in [3.63, 3.8) is 0 Å². The highest BCUT2D eigenvalue weighted by atomic mass is 31.3. The van der Waals surface area contributed by atoms with Crippen molar-refractivity contribution in [3.8, 4) is 0 Å². The largest absolute Gasteiger partial charge is 0.790 e. The van der Waals surface area contributed by atoms with Gasteiger partial charge in [0.2, 0.25) is 0 Å². The summed E-state index contributed by atoms with van der Waals surface area (Å²) in [6.07, 6.45) is -3.99. The minimum atomic E-state index is -6.14. The molecule has 2 aromatic rings. The van der Waals surface area contributed by atoms with Gasteiger partial charge in [-0.25, -0.2) is 19.3 Å². The molecule has 3 rings (SSSR count). The molecule has 1 aliphatic heterocycles. The average Bonchev–Trinajstić information content (AvgIpc) is 3.13. The highest BCUT2D eigenvalue weighted by molar-refractivity contribution is 7.64. The van der Waals surface area contributed by atoms with Crippen LogP contribution in [0, 0.1) is 0 Å². The fraction of sp³-hybridized carbons (Fsp3) is 0.500. The monoisotopic (exact) mass is 507 g/mol. The average molecular weight is 507 g/mol. The summed E-state index contributed by atoms with van der Waals surface area (Å²) >= 11 is 0. The third-order valence-electron chi connectivity index (χ3n) is 3.80. The van der Waals surface area contributed by atoms with Crippen LogP contribution in [0.3, 0.4) is 0 Å². The van der Waals surface area contributed by atoms with E-state index in [-0.39, 0.29) is 17.0 Å². The minimum absolute atomic E-state index is 0.0195. The van der Waals surface area contributed by atoms with Crippen molar-refractivity contribution in [1.82, 2.24) is 19.5 Å². The molecule has 0 spiro atoms. The maximum atomic E-state index is 11.6. The van der Waals surface area contributed by atoms with E-state index in [4.69, 9.17) is 10.5 Å². The van der Waals surface area contributed by atoms with Crippen molar-refractivity contribution >= 4 is 40.4 Å². The Labute approximate surface area is 171 Å². The fourth-order valence-corrected chi connectivity index (χ4v) is 5.47. The molecular weight excluding hydrogens is 495 g/mol. The van der Waals surface area contributed by atoms with Gasteiger partial charge in [-0.1, -0.05) is 0 Å². The molecule has 21 heteroatoms. The van der Waals surface area contributed by atoms with Gasteiger partial charge in [-0.15, -0.1) is 0 Å². The van der Waals surface area contributed by atoms with Gasteiger partial charge >= 0.3 is 0 Å². The molecule has 18 nitrogen and oxygen atoms in total. The molecule has 1 fully saturated rings. The molecule has 0 aliphatic carbocycles. The predicted octanol–water partition coefficient (Wildman–Crippen LogP) is -4.16. The maximum absolute atomic E-state index is 11.6. The number of fused-ring (bicyclic) bond motifs is 1. The second-order valence-electron chi connectivity index (χ2n) is 5.93. The van der Waals surface area contributed by atoms with E-state index in [1.807, 2.05) is 0 Å². The zero-order valence-corrected chi connectivity index (χ0v) is 17.4. The number of hydrogen-bond donors (Lipinski definition) is 3. The molecule has 174 valence electrons. The van der Waals surface area contributed by atoms with Crippen molar-refractivity contribution in [3.05, 3.63) is 12.7 Å². The van der Waals surface area contributed by atoms with E-state index in [0.717, 1.165) is 12.7 Å². The van der Waals surface area contributed by atoms with Crippen LogP contribution >= 0.6 is 23.5 Å². The Kier molecular flexibility index (Phi) is 6.68. The van der Waals surface area contributed by atoms with Crippen molar-refractivity contribution in [2.75, 3.05) is 12.3 Å². The normalized spacial score (nSPS) is 30.0. The van der Waals surface area contributed by atoms with Crippen LogP contribution in [0.4, 0.5) is 5.82 Å². The number of rotatable bonds is 8.